The number of hydrogen-bond acceptors (Lipinski definition) is 3. The summed E-state index contributed by atoms with van der Waals surface area (Å²) in [6.07, 6.45) is 6.95. The first-order chi connectivity index (χ1) is 11.3. The summed E-state index contributed by atoms with van der Waals surface area (Å²) in [6.45, 7) is 0.686. The van der Waals surface area contributed by atoms with Crippen molar-refractivity contribution in [3.05, 3.63) is 59.4 Å². The summed E-state index contributed by atoms with van der Waals surface area (Å²) in [7, 11) is 0. The predicted molar refractivity (Wildman–Crippen MR) is 89.5 cm³/mol. The van der Waals surface area contributed by atoms with Gasteiger partial charge in [0.05, 0.1) is 0 Å². The highest BCUT2D eigenvalue weighted by molar-refractivity contribution is 5.77. The summed E-state index contributed by atoms with van der Waals surface area (Å²) in [5.74, 6) is 0.732. The number of fused-ring (bicyclic) bond motifs is 1. The van der Waals surface area contributed by atoms with Gasteiger partial charge in [0.2, 0.25) is 0 Å². The maximum atomic E-state index is 11.9. The lowest BCUT2D eigenvalue weighted by Gasteiger charge is -2.18. The summed E-state index contributed by atoms with van der Waals surface area (Å²) in [6, 6.07) is 12.0. The van der Waals surface area contributed by atoms with E-state index in [1.807, 2.05) is 24.3 Å². The molecule has 0 unspecified atom stereocenters. The summed E-state index contributed by atoms with van der Waals surface area (Å²) in [5, 5.41) is 2.90. The van der Waals surface area contributed by atoms with Gasteiger partial charge in [-0.05, 0) is 43.7 Å². The number of aromatic nitrogens is 1. The molecule has 120 valence electrons. The van der Waals surface area contributed by atoms with E-state index < -0.39 is 0 Å². The second-order valence-electron chi connectivity index (χ2n) is 5.82. The summed E-state index contributed by atoms with van der Waals surface area (Å²) < 4.78 is 5.72. The number of carbonyl (C=O) groups is 1. The van der Waals surface area contributed by atoms with Gasteiger partial charge in [-0.3, -0.25) is 9.78 Å². The molecule has 1 aliphatic carbocycles. The van der Waals surface area contributed by atoms with E-state index in [9.17, 15) is 4.79 Å². The zero-order chi connectivity index (χ0) is 15.9. The Morgan fingerprint density at radius 1 is 1.13 bits per heavy atom. The maximum Gasteiger partial charge on any atom is 0.257 e. The van der Waals surface area contributed by atoms with Gasteiger partial charge in [0, 0.05) is 24.0 Å². The van der Waals surface area contributed by atoms with Crippen LogP contribution in [0.1, 0.15) is 29.7 Å². The average Bonchev–Trinajstić information content (AvgIpc) is 2.61. The van der Waals surface area contributed by atoms with Crippen LogP contribution in [0.25, 0.3) is 0 Å². The molecule has 23 heavy (non-hydrogen) atoms. The van der Waals surface area contributed by atoms with E-state index in [1.54, 1.807) is 6.20 Å². The molecule has 1 heterocycles. The molecule has 0 bridgehead atoms. The van der Waals surface area contributed by atoms with Crippen molar-refractivity contribution in [1.29, 1.82) is 0 Å². The Morgan fingerprint density at radius 3 is 2.83 bits per heavy atom. The van der Waals surface area contributed by atoms with Crippen molar-refractivity contribution in [2.24, 2.45) is 0 Å². The molecule has 0 radical (unpaired) electrons. The summed E-state index contributed by atoms with van der Waals surface area (Å²) in [5.41, 5.74) is 3.52. The minimum Gasteiger partial charge on any atom is -0.483 e. The second-order valence-corrected chi connectivity index (χ2v) is 5.82. The number of pyridine rings is 1. The Balaban J connectivity index is 1.46. The molecule has 0 atom stereocenters. The smallest absolute Gasteiger partial charge is 0.257 e. The fourth-order valence-corrected chi connectivity index (χ4v) is 2.91. The van der Waals surface area contributed by atoms with Gasteiger partial charge in [-0.25, -0.2) is 0 Å². The van der Waals surface area contributed by atoms with Crippen molar-refractivity contribution in [2.45, 2.75) is 32.1 Å². The van der Waals surface area contributed by atoms with Crippen molar-refractivity contribution >= 4 is 5.91 Å². The van der Waals surface area contributed by atoms with Gasteiger partial charge in [-0.1, -0.05) is 30.3 Å². The van der Waals surface area contributed by atoms with Gasteiger partial charge in [0.1, 0.15) is 5.75 Å². The molecule has 1 amide bonds. The number of hydrogen-bond donors (Lipinski definition) is 1. The molecular weight excluding hydrogens is 288 g/mol. The highest BCUT2D eigenvalue weighted by atomic mass is 16.5. The lowest BCUT2D eigenvalue weighted by Crippen LogP contribution is -2.30. The van der Waals surface area contributed by atoms with Gasteiger partial charge < -0.3 is 10.1 Å². The van der Waals surface area contributed by atoms with Crippen LogP contribution in [0.5, 0.6) is 5.75 Å². The van der Waals surface area contributed by atoms with Crippen LogP contribution in [0.3, 0.4) is 0 Å². The molecule has 0 saturated heterocycles. The lowest BCUT2D eigenvalue weighted by molar-refractivity contribution is -0.123. The van der Waals surface area contributed by atoms with E-state index in [0.29, 0.717) is 6.54 Å². The number of carbonyl (C=O) groups excluding carboxylic acids is 1. The molecule has 1 aromatic heterocycles. The number of rotatable bonds is 6. The highest BCUT2D eigenvalue weighted by Crippen LogP contribution is 2.27. The first kappa shape index (κ1) is 15.5. The second kappa shape index (κ2) is 7.77. The van der Waals surface area contributed by atoms with Crippen LogP contribution in [-0.2, 0) is 24.1 Å². The molecule has 2 aromatic rings. The van der Waals surface area contributed by atoms with E-state index in [-0.39, 0.29) is 12.5 Å². The van der Waals surface area contributed by atoms with Crippen molar-refractivity contribution < 1.29 is 9.53 Å². The maximum absolute atomic E-state index is 11.9. The minimum atomic E-state index is -0.0812. The zero-order valence-electron chi connectivity index (χ0n) is 13.3. The number of nitrogens with one attached hydrogen (secondary N) is 1. The topological polar surface area (TPSA) is 51.2 Å². The van der Waals surface area contributed by atoms with Crippen LogP contribution in [0.2, 0.25) is 0 Å². The molecule has 1 aromatic carbocycles. The third kappa shape index (κ3) is 4.31. The number of nitrogens with zero attached hydrogens (tertiary/aromatic N) is 1. The Labute approximate surface area is 136 Å². The average molecular weight is 310 g/mol. The molecule has 1 N–H and O–H groups in total. The third-order valence-corrected chi connectivity index (χ3v) is 4.13. The van der Waals surface area contributed by atoms with Gasteiger partial charge >= 0.3 is 0 Å². The molecular formula is C19H22N2O2. The third-order valence-electron chi connectivity index (χ3n) is 4.13. The summed E-state index contributed by atoms with van der Waals surface area (Å²) in [4.78, 5) is 16.3. The largest absolute Gasteiger partial charge is 0.483 e. The molecule has 0 aliphatic heterocycles. The van der Waals surface area contributed by atoms with E-state index >= 15 is 0 Å². The van der Waals surface area contributed by atoms with E-state index in [4.69, 9.17) is 4.74 Å². The molecule has 0 spiro atoms. The van der Waals surface area contributed by atoms with Crippen LogP contribution in [0.4, 0.5) is 0 Å². The van der Waals surface area contributed by atoms with Crippen LogP contribution in [-0.4, -0.2) is 24.0 Å². The Kier molecular flexibility index (Phi) is 5.25. The highest BCUT2D eigenvalue weighted by Gasteiger charge is 2.15. The first-order valence-corrected chi connectivity index (χ1v) is 8.23. The Hall–Kier alpha value is -2.36. The number of ether oxygens (including phenoxy) is 1. The quantitative estimate of drug-likeness (QED) is 0.892. The molecule has 1 aliphatic rings. The Morgan fingerprint density at radius 2 is 1.96 bits per heavy atom. The van der Waals surface area contributed by atoms with E-state index in [1.165, 1.54) is 24.0 Å². The normalized spacial score (nSPS) is 13.2. The van der Waals surface area contributed by atoms with Gasteiger partial charge in [-0.15, -0.1) is 0 Å². The number of benzene rings is 1. The predicted octanol–water partition coefficient (Wildman–Crippen LogP) is 2.70. The van der Waals surface area contributed by atoms with Gasteiger partial charge in [0.25, 0.3) is 5.91 Å². The van der Waals surface area contributed by atoms with Gasteiger partial charge in [0.15, 0.2) is 6.61 Å². The van der Waals surface area contributed by atoms with Crippen LogP contribution >= 0.6 is 0 Å². The first-order valence-electron chi connectivity index (χ1n) is 8.23. The van der Waals surface area contributed by atoms with Crippen molar-refractivity contribution in [1.82, 2.24) is 10.3 Å². The lowest BCUT2D eigenvalue weighted by atomic mass is 9.95. The molecule has 4 heteroatoms. The van der Waals surface area contributed by atoms with Crippen LogP contribution < -0.4 is 10.1 Å². The Bertz CT molecular complexity index is 656. The van der Waals surface area contributed by atoms with E-state index in [0.717, 1.165) is 30.7 Å². The number of amides is 1. The monoisotopic (exact) mass is 310 g/mol. The SMILES string of the molecule is O=C(COc1ccnc2c1CCCC2)NCCc1ccccc1. The minimum absolute atomic E-state index is 0.0608. The van der Waals surface area contributed by atoms with Crippen molar-refractivity contribution in [2.75, 3.05) is 13.2 Å². The van der Waals surface area contributed by atoms with Crippen LogP contribution in [0.15, 0.2) is 42.6 Å². The molecule has 0 saturated carbocycles. The standard InChI is InChI=1S/C19H22N2O2/c22-19(21-12-10-15-6-2-1-3-7-15)14-23-18-11-13-20-17-9-5-4-8-16(17)18/h1-3,6-7,11,13H,4-5,8-10,12,14H2,(H,21,22). The molecule has 3 rings (SSSR count). The van der Waals surface area contributed by atoms with E-state index in [2.05, 4.69) is 22.4 Å². The van der Waals surface area contributed by atoms with Crippen molar-refractivity contribution in [3.8, 4) is 5.75 Å². The number of aryl methyl sites for hydroxylation is 1. The molecule has 0 fully saturated rings. The van der Waals surface area contributed by atoms with Crippen LogP contribution in [0, 0.1) is 0 Å². The zero-order valence-corrected chi connectivity index (χ0v) is 13.3. The van der Waals surface area contributed by atoms with Gasteiger partial charge in [-0.2, -0.15) is 0 Å². The fraction of sp³-hybridized carbons (Fsp3) is 0.368. The summed E-state index contributed by atoms with van der Waals surface area (Å²) >= 11 is 0. The molecule has 4 nitrogen and oxygen atoms in total. The fourth-order valence-electron chi connectivity index (χ4n) is 2.91. The van der Waals surface area contributed by atoms with Crippen molar-refractivity contribution in [3.63, 3.8) is 0 Å².